The Kier molecular flexibility index (Phi) is 12.4. The third-order valence-corrected chi connectivity index (χ3v) is 10.4. The van der Waals surface area contributed by atoms with Crippen LogP contribution in [0.1, 0.15) is 39.5 Å². The van der Waals surface area contributed by atoms with E-state index in [1.807, 2.05) is 55.5 Å². The molecule has 2 aliphatic heterocycles. The first-order valence-corrected chi connectivity index (χ1v) is 19.1. The predicted molar refractivity (Wildman–Crippen MR) is 211 cm³/mol. The summed E-state index contributed by atoms with van der Waals surface area (Å²) in [6.07, 6.45) is 2.71. The quantitative estimate of drug-likeness (QED) is 0.101. The largest absolute Gasteiger partial charge is 0.768 e. The number of rotatable bonds is 10. The minimum absolute atomic E-state index is 0.0674. The van der Waals surface area contributed by atoms with Gasteiger partial charge >= 0.3 is 6.03 Å². The van der Waals surface area contributed by atoms with Gasteiger partial charge in [0.2, 0.25) is 11.8 Å². The molecule has 4 aromatic carbocycles. The minimum Gasteiger partial charge on any atom is -0.768 e. The number of fused-ring (bicyclic) bond motifs is 2. The van der Waals surface area contributed by atoms with E-state index in [4.69, 9.17) is 0 Å². The Morgan fingerprint density at radius 2 is 1.70 bits per heavy atom. The SMILES string of the molecule is C=CCN1CC(=O)N2[C@@H](Cc3ccc(O)cc3)C(=O)N(Cc3cccc4c(C(C)=O)c[nH]c34)C[C@@H]2N1C(=O)NCc1ccccc1.Cc1ccc(S(=O)[O-])cc1. The molecule has 3 N–H and O–H groups in total. The first-order chi connectivity index (χ1) is 26.9. The van der Waals surface area contributed by atoms with Crippen LogP contribution in [0, 0.1) is 6.92 Å². The van der Waals surface area contributed by atoms with Crippen molar-refractivity contribution in [2.75, 3.05) is 19.6 Å². The molecule has 0 saturated carbocycles. The number of amides is 4. The van der Waals surface area contributed by atoms with Gasteiger partial charge in [0, 0.05) is 48.1 Å². The van der Waals surface area contributed by atoms with Gasteiger partial charge in [0.25, 0.3) is 0 Å². The molecule has 0 radical (unpaired) electrons. The molecule has 13 nitrogen and oxygen atoms in total. The lowest BCUT2D eigenvalue weighted by molar-refractivity contribution is -0.189. The first-order valence-electron chi connectivity index (χ1n) is 18.1. The molecule has 0 aliphatic carbocycles. The van der Waals surface area contributed by atoms with Gasteiger partial charge in [-0.15, -0.1) is 6.58 Å². The summed E-state index contributed by atoms with van der Waals surface area (Å²) in [5, 5.41) is 16.8. The smallest absolute Gasteiger partial charge is 0.334 e. The number of ketones is 1. The Morgan fingerprint density at radius 1 is 0.982 bits per heavy atom. The van der Waals surface area contributed by atoms with Crippen molar-refractivity contribution >= 4 is 45.6 Å². The zero-order valence-corrected chi connectivity index (χ0v) is 31.9. The normalized spacial score (nSPS) is 17.5. The molecule has 2 aliphatic rings. The molecule has 3 heterocycles. The van der Waals surface area contributed by atoms with Crippen molar-refractivity contribution in [3.05, 3.63) is 144 Å². The number of aryl methyl sites for hydroxylation is 1. The average molecular weight is 776 g/mol. The topological polar surface area (TPSA) is 169 Å². The van der Waals surface area contributed by atoms with E-state index in [0.29, 0.717) is 10.5 Å². The number of phenols is 1. The summed E-state index contributed by atoms with van der Waals surface area (Å²) in [5.41, 5.74) is 4.87. The van der Waals surface area contributed by atoms with Crippen molar-refractivity contribution in [1.82, 2.24) is 30.1 Å². The summed E-state index contributed by atoms with van der Waals surface area (Å²) >= 11 is -2.09. The van der Waals surface area contributed by atoms with Gasteiger partial charge in [0.1, 0.15) is 18.0 Å². The number of aromatic hydroxyl groups is 1. The van der Waals surface area contributed by atoms with Gasteiger partial charge in [-0.2, -0.15) is 0 Å². The maximum absolute atomic E-state index is 14.3. The Labute approximate surface area is 327 Å². The zero-order valence-electron chi connectivity index (χ0n) is 31.1. The molecule has 1 unspecified atom stereocenters. The molecule has 0 bridgehead atoms. The molecule has 2 saturated heterocycles. The van der Waals surface area contributed by atoms with Gasteiger partial charge in [-0.1, -0.05) is 84.4 Å². The maximum atomic E-state index is 14.3. The fourth-order valence-corrected chi connectivity index (χ4v) is 7.41. The lowest BCUT2D eigenvalue weighted by Crippen LogP contribution is -2.76. The molecule has 3 atom stereocenters. The monoisotopic (exact) mass is 775 g/mol. The maximum Gasteiger partial charge on any atom is 0.334 e. The second-order valence-electron chi connectivity index (χ2n) is 13.7. The van der Waals surface area contributed by atoms with E-state index >= 15 is 0 Å². The van der Waals surface area contributed by atoms with Crippen LogP contribution in [0.3, 0.4) is 0 Å². The number of nitrogens with zero attached hydrogens (tertiary/aromatic N) is 4. The number of H-pyrrole nitrogens is 1. The van der Waals surface area contributed by atoms with Crippen LogP contribution in [-0.4, -0.2) is 94.1 Å². The molecule has 290 valence electrons. The lowest BCUT2D eigenvalue weighted by Gasteiger charge is -2.55. The van der Waals surface area contributed by atoms with E-state index in [0.717, 1.165) is 33.2 Å². The average Bonchev–Trinajstić information content (AvgIpc) is 3.63. The summed E-state index contributed by atoms with van der Waals surface area (Å²) in [6, 6.07) is 27.1. The fourth-order valence-electron chi connectivity index (χ4n) is 7.05. The number of para-hydroxylation sites is 1. The lowest BCUT2D eigenvalue weighted by atomic mass is 9.98. The highest BCUT2D eigenvalue weighted by molar-refractivity contribution is 7.79. The van der Waals surface area contributed by atoms with Crippen LogP contribution in [0.25, 0.3) is 10.9 Å². The zero-order chi connectivity index (χ0) is 39.9. The summed E-state index contributed by atoms with van der Waals surface area (Å²) in [6.45, 7) is 7.96. The van der Waals surface area contributed by atoms with Crippen LogP contribution < -0.4 is 5.32 Å². The summed E-state index contributed by atoms with van der Waals surface area (Å²) < 4.78 is 20.6. The third-order valence-electron chi connectivity index (χ3n) is 9.79. The molecule has 56 heavy (non-hydrogen) atoms. The van der Waals surface area contributed by atoms with Crippen LogP contribution in [0.5, 0.6) is 5.75 Å². The third kappa shape index (κ3) is 8.89. The Bertz CT molecular complexity index is 2240. The van der Waals surface area contributed by atoms with Gasteiger partial charge in [-0.25, -0.2) is 14.8 Å². The number of nitrogens with one attached hydrogen (secondary N) is 2. The Balaban J connectivity index is 0.000000463. The molecular weight excluding hydrogens is 733 g/mol. The molecule has 0 spiro atoms. The van der Waals surface area contributed by atoms with Crippen LogP contribution in [0.15, 0.2) is 121 Å². The van der Waals surface area contributed by atoms with Crippen molar-refractivity contribution in [3.63, 3.8) is 0 Å². The van der Waals surface area contributed by atoms with Gasteiger partial charge < -0.3 is 29.8 Å². The number of urea groups is 1. The van der Waals surface area contributed by atoms with Crippen LogP contribution in [-0.2, 0) is 40.2 Å². The minimum atomic E-state index is -2.09. The van der Waals surface area contributed by atoms with Crippen LogP contribution in [0.4, 0.5) is 4.79 Å². The highest BCUT2D eigenvalue weighted by Gasteiger charge is 2.51. The molecule has 2 fully saturated rings. The van der Waals surface area contributed by atoms with E-state index in [1.165, 1.54) is 11.8 Å². The first kappa shape index (κ1) is 39.6. The van der Waals surface area contributed by atoms with Gasteiger partial charge in [-0.05, 0) is 65.9 Å². The number of piperazine rings is 1. The number of phenolic OH excluding ortho intramolecular Hbond substituents is 1. The summed E-state index contributed by atoms with van der Waals surface area (Å²) in [5.74, 6) is -0.497. The summed E-state index contributed by atoms with van der Waals surface area (Å²) in [7, 11) is 0. The van der Waals surface area contributed by atoms with E-state index in [2.05, 4.69) is 16.9 Å². The number of carbonyl (C=O) groups excluding carboxylic acids is 4. The predicted octanol–water partition coefficient (Wildman–Crippen LogP) is 5.05. The number of aromatic amines is 1. The molecule has 4 amide bonds. The molecule has 14 heteroatoms. The molecule has 1 aromatic heterocycles. The summed E-state index contributed by atoms with van der Waals surface area (Å²) in [4.78, 5) is 61.1. The molecule has 5 aromatic rings. The highest BCUT2D eigenvalue weighted by atomic mass is 32.2. The number of hydrogen-bond acceptors (Lipinski definition) is 8. The number of hydrazine groups is 1. The van der Waals surface area contributed by atoms with E-state index in [-0.39, 0.29) is 62.5 Å². The second kappa shape index (κ2) is 17.6. The fraction of sp³-hybridized carbons (Fsp3) is 0.238. The number of Topliss-reactive ketones (excluding diaryl/α,β-unsaturated/α-hetero) is 1. The van der Waals surface area contributed by atoms with Crippen LogP contribution in [0.2, 0.25) is 0 Å². The number of aromatic nitrogens is 1. The van der Waals surface area contributed by atoms with E-state index in [9.17, 15) is 33.0 Å². The number of carbonyl (C=O) groups is 4. The van der Waals surface area contributed by atoms with Crippen molar-refractivity contribution < 1.29 is 33.0 Å². The van der Waals surface area contributed by atoms with Crippen molar-refractivity contribution in [2.45, 2.75) is 50.5 Å². The van der Waals surface area contributed by atoms with Crippen molar-refractivity contribution in [3.8, 4) is 5.75 Å². The highest BCUT2D eigenvalue weighted by Crippen LogP contribution is 2.31. The van der Waals surface area contributed by atoms with Crippen molar-refractivity contribution in [1.29, 1.82) is 0 Å². The standard InChI is InChI=1S/C35H36N6O5.C7H8O2S/c1-3-16-39-22-32(44)40-30(17-24-12-14-27(43)15-13-24)34(45)38(20-26-10-7-11-28-29(23(2)42)19-36-33(26)28)21-31(40)41(39)35(46)37-18-25-8-5-4-6-9-25;1-6-2-4-7(5-3-6)10(8)9/h3-15,19,30-31,36,43H,1,16-18,20-22H2,2H3,(H,37,46);2-5H,1H3,(H,8,9)/p-1/t30-,31-;/m0./s1. The van der Waals surface area contributed by atoms with Gasteiger partial charge in [0.05, 0.1) is 18.6 Å². The molecular formula is C42H43N6O7S-. The van der Waals surface area contributed by atoms with Crippen molar-refractivity contribution in [2.24, 2.45) is 0 Å². The van der Waals surface area contributed by atoms with E-state index < -0.39 is 29.3 Å². The van der Waals surface area contributed by atoms with Gasteiger partial charge in [0.15, 0.2) is 5.78 Å². The van der Waals surface area contributed by atoms with E-state index in [1.54, 1.807) is 75.7 Å². The van der Waals surface area contributed by atoms with Crippen LogP contribution >= 0.6 is 0 Å². The molecule has 7 rings (SSSR count). The second-order valence-corrected chi connectivity index (χ2v) is 14.6. The Hall–Kier alpha value is -6.09. The van der Waals surface area contributed by atoms with Gasteiger partial charge in [-0.3, -0.25) is 18.6 Å². The number of hydrogen-bond donors (Lipinski definition) is 3. The Morgan fingerprint density at radius 3 is 2.36 bits per heavy atom. The number of benzene rings is 4.